The van der Waals surface area contributed by atoms with Gasteiger partial charge in [0, 0.05) is 6.20 Å². The quantitative estimate of drug-likeness (QED) is 0.743. The molecular weight excluding hydrogens is 268 g/mol. The maximum Gasteiger partial charge on any atom is 0.209 e. The van der Waals surface area contributed by atoms with E-state index in [9.17, 15) is 13.6 Å². The summed E-state index contributed by atoms with van der Waals surface area (Å²) in [5, 5.41) is 8.76. The number of ether oxygens (including phenoxy) is 1. The number of halogens is 2. The van der Waals surface area contributed by atoms with E-state index >= 15 is 0 Å². The Kier molecular flexibility index (Phi) is 2.44. The van der Waals surface area contributed by atoms with Crippen LogP contribution in [0.5, 0.6) is 5.75 Å². The van der Waals surface area contributed by atoms with Gasteiger partial charge in [-0.05, 0) is 6.92 Å². The molecule has 0 fully saturated rings. The number of nitrogen functional groups attached to an aromatic ring is 1. The van der Waals surface area contributed by atoms with Crippen LogP contribution < -0.4 is 15.9 Å². The fraction of sp³-hybridized carbons (Fsp3) is 0.231. The van der Waals surface area contributed by atoms with Crippen molar-refractivity contribution in [2.24, 2.45) is 0 Å². The first kappa shape index (κ1) is 12.4. The second-order valence-electron chi connectivity index (χ2n) is 4.65. The molecule has 2 N–H and O–H groups in total. The SMILES string of the molecule is C[C@H]1COc2c(F)c(F)c(N)c3c(=O)c(C#N)cn1c23. The van der Waals surface area contributed by atoms with Crippen LogP contribution in [0.15, 0.2) is 11.0 Å². The van der Waals surface area contributed by atoms with Crippen LogP contribution >= 0.6 is 0 Å². The topological polar surface area (TPSA) is 81.0 Å². The van der Waals surface area contributed by atoms with Gasteiger partial charge >= 0.3 is 0 Å². The molecule has 0 amide bonds. The largest absolute Gasteiger partial charge is 0.486 e. The Bertz CT molecular complexity index is 852. The molecule has 1 atom stereocenters. The van der Waals surface area contributed by atoms with E-state index in [-0.39, 0.29) is 34.9 Å². The maximum atomic E-state index is 13.9. The van der Waals surface area contributed by atoms with Gasteiger partial charge in [0.25, 0.3) is 0 Å². The normalized spacial score (nSPS) is 16.8. The monoisotopic (exact) mass is 277 g/mol. The summed E-state index contributed by atoms with van der Waals surface area (Å²) >= 11 is 0. The highest BCUT2D eigenvalue weighted by Crippen LogP contribution is 2.38. The number of hydrogen-bond acceptors (Lipinski definition) is 4. The second kappa shape index (κ2) is 3.93. The average molecular weight is 277 g/mol. The lowest BCUT2D eigenvalue weighted by atomic mass is 10.1. The minimum absolute atomic E-state index is 0.0872. The molecule has 0 spiro atoms. The van der Waals surface area contributed by atoms with E-state index in [1.807, 2.05) is 0 Å². The molecule has 1 aliphatic heterocycles. The van der Waals surface area contributed by atoms with Gasteiger partial charge in [0.15, 0.2) is 11.6 Å². The van der Waals surface area contributed by atoms with Crippen molar-refractivity contribution >= 4 is 16.6 Å². The van der Waals surface area contributed by atoms with Crippen molar-refractivity contribution in [3.05, 3.63) is 33.6 Å². The van der Waals surface area contributed by atoms with Crippen LogP contribution in [0.4, 0.5) is 14.5 Å². The molecule has 0 aliphatic carbocycles. The summed E-state index contributed by atoms with van der Waals surface area (Å²) in [6.45, 7) is 1.88. The molecule has 2 aromatic rings. The van der Waals surface area contributed by atoms with Crippen LogP contribution in [0.1, 0.15) is 18.5 Å². The summed E-state index contributed by atoms with van der Waals surface area (Å²) < 4.78 is 34.4. The lowest BCUT2D eigenvalue weighted by Gasteiger charge is -2.27. The van der Waals surface area contributed by atoms with Gasteiger partial charge in [0.05, 0.1) is 17.1 Å². The lowest BCUT2D eigenvalue weighted by molar-refractivity contribution is 0.234. The molecule has 1 aliphatic rings. The molecule has 20 heavy (non-hydrogen) atoms. The molecule has 3 rings (SSSR count). The van der Waals surface area contributed by atoms with E-state index in [2.05, 4.69) is 0 Å². The molecular formula is C13H9F2N3O2. The zero-order chi connectivity index (χ0) is 14.6. The highest BCUT2D eigenvalue weighted by molar-refractivity contribution is 5.96. The third-order valence-corrected chi connectivity index (χ3v) is 3.41. The van der Waals surface area contributed by atoms with E-state index < -0.39 is 22.8 Å². The number of benzene rings is 1. The minimum Gasteiger partial charge on any atom is -0.486 e. The van der Waals surface area contributed by atoms with Crippen LogP contribution in [0.25, 0.3) is 10.9 Å². The average Bonchev–Trinajstić information content (AvgIpc) is 2.44. The lowest BCUT2D eigenvalue weighted by Crippen LogP contribution is -2.26. The molecule has 5 nitrogen and oxygen atoms in total. The Labute approximate surface area is 111 Å². The van der Waals surface area contributed by atoms with Gasteiger partial charge < -0.3 is 15.0 Å². The summed E-state index contributed by atoms with van der Waals surface area (Å²) in [5.74, 6) is -2.90. The molecule has 0 saturated heterocycles. The number of hydrogen-bond donors (Lipinski definition) is 1. The third kappa shape index (κ3) is 1.36. The summed E-state index contributed by atoms with van der Waals surface area (Å²) in [5.41, 5.74) is 4.10. The molecule has 0 radical (unpaired) electrons. The highest BCUT2D eigenvalue weighted by atomic mass is 19.2. The molecule has 1 aromatic carbocycles. The van der Waals surface area contributed by atoms with E-state index in [1.165, 1.54) is 10.8 Å². The van der Waals surface area contributed by atoms with Gasteiger partial charge in [-0.3, -0.25) is 4.79 Å². The fourth-order valence-corrected chi connectivity index (χ4v) is 2.39. The first-order chi connectivity index (χ1) is 9.47. The Morgan fingerprint density at radius 2 is 2.20 bits per heavy atom. The number of pyridine rings is 1. The number of nitriles is 1. The van der Waals surface area contributed by atoms with E-state index in [0.29, 0.717) is 0 Å². The fourth-order valence-electron chi connectivity index (χ4n) is 2.39. The standard InChI is InChI=1S/C13H9F2N3O2/c1-5-4-20-13-9(15)8(14)10(17)7-11(13)18(5)3-6(2-16)12(7)19/h3,5H,4,17H2,1H3/t5-/m0/s1. The van der Waals surface area contributed by atoms with Crippen molar-refractivity contribution in [1.82, 2.24) is 4.57 Å². The number of nitrogens with two attached hydrogens (primary N) is 1. The third-order valence-electron chi connectivity index (χ3n) is 3.41. The van der Waals surface area contributed by atoms with Crippen LogP contribution in [-0.2, 0) is 0 Å². The van der Waals surface area contributed by atoms with Crippen LogP contribution in [0.2, 0.25) is 0 Å². The molecule has 0 bridgehead atoms. The van der Waals surface area contributed by atoms with Gasteiger partial charge in [-0.2, -0.15) is 9.65 Å². The molecule has 2 heterocycles. The van der Waals surface area contributed by atoms with Crippen LogP contribution in [-0.4, -0.2) is 11.2 Å². The Hall–Kier alpha value is -2.62. The van der Waals surface area contributed by atoms with Crippen molar-refractivity contribution in [3.8, 4) is 11.8 Å². The van der Waals surface area contributed by atoms with Gasteiger partial charge in [0.1, 0.15) is 23.8 Å². The Balaban J connectivity index is 2.67. The summed E-state index contributed by atoms with van der Waals surface area (Å²) in [6.07, 6.45) is 1.32. The van der Waals surface area contributed by atoms with E-state index in [0.717, 1.165) is 0 Å². The molecule has 1 aromatic heterocycles. The van der Waals surface area contributed by atoms with Gasteiger partial charge in [-0.15, -0.1) is 0 Å². The van der Waals surface area contributed by atoms with E-state index in [1.54, 1.807) is 13.0 Å². The summed E-state index contributed by atoms with van der Waals surface area (Å²) in [4.78, 5) is 12.1. The molecule has 102 valence electrons. The van der Waals surface area contributed by atoms with Crippen molar-refractivity contribution < 1.29 is 13.5 Å². The first-order valence-electron chi connectivity index (χ1n) is 5.85. The first-order valence-corrected chi connectivity index (χ1v) is 5.85. The van der Waals surface area contributed by atoms with Crippen molar-refractivity contribution in [1.29, 1.82) is 5.26 Å². The smallest absolute Gasteiger partial charge is 0.209 e. The number of anilines is 1. The van der Waals surface area contributed by atoms with Gasteiger partial charge in [-0.1, -0.05) is 0 Å². The maximum absolute atomic E-state index is 13.9. The highest BCUT2D eigenvalue weighted by Gasteiger charge is 2.29. The summed E-state index contributed by atoms with van der Waals surface area (Å²) in [7, 11) is 0. The summed E-state index contributed by atoms with van der Waals surface area (Å²) in [6, 6.07) is 1.51. The molecule has 7 heteroatoms. The van der Waals surface area contributed by atoms with E-state index in [4.69, 9.17) is 15.7 Å². The van der Waals surface area contributed by atoms with Gasteiger partial charge in [0.2, 0.25) is 11.2 Å². The predicted octanol–water partition coefficient (Wildman–Crippen LogP) is 1.69. The number of rotatable bonds is 0. The van der Waals surface area contributed by atoms with Crippen molar-refractivity contribution in [2.45, 2.75) is 13.0 Å². The van der Waals surface area contributed by atoms with Gasteiger partial charge in [-0.25, -0.2) is 4.39 Å². The second-order valence-corrected chi connectivity index (χ2v) is 4.65. The zero-order valence-electron chi connectivity index (χ0n) is 10.4. The minimum atomic E-state index is -1.33. The number of aromatic nitrogens is 1. The molecule has 0 unspecified atom stereocenters. The van der Waals surface area contributed by atoms with Crippen LogP contribution in [0.3, 0.4) is 0 Å². The zero-order valence-corrected chi connectivity index (χ0v) is 10.4. The number of nitrogens with zero attached hydrogens (tertiary/aromatic N) is 2. The van der Waals surface area contributed by atoms with Crippen molar-refractivity contribution in [2.75, 3.05) is 12.3 Å². The predicted molar refractivity (Wildman–Crippen MR) is 67.5 cm³/mol. The Morgan fingerprint density at radius 1 is 1.50 bits per heavy atom. The van der Waals surface area contributed by atoms with Crippen LogP contribution in [0, 0.1) is 23.0 Å². The molecule has 0 saturated carbocycles. The van der Waals surface area contributed by atoms with Crippen molar-refractivity contribution in [3.63, 3.8) is 0 Å². The Morgan fingerprint density at radius 3 is 2.85 bits per heavy atom.